The Balaban J connectivity index is 1.77. The Bertz CT molecular complexity index is 1260. The lowest BCUT2D eigenvalue weighted by Gasteiger charge is -2.20. The molecule has 0 amide bonds. The summed E-state index contributed by atoms with van der Waals surface area (Å²) in [5, 5.41) is 0. The number of esters is 2. The molecule has 0 atom stereocenters. The predicted molar refractivity (Wildman–Crippen MR) is 137 cm³/mol. The number of hydrogen-bond donors (Lipinski definition) is 0. The van der Waals surface area contributed by atoms with Gasteiger partial charge in [0.05, 0.1) is 16.7 Å². The molecule has 0 N–H and O–H groups in total. The molecule has 2 aromatic carbocycles. The molecule has 188 valence electrons. The normalized spacial score (nSPS) is 14.5. The Kier molecular flexibility index (Phi) is 7.48. The Labute approximate surface area is 212 Å². The summed E-state index contributed by atoms with van der Waals surface area (Å²) in [7, 11) is 0. The average Bonchev–Trinajstić information content (AvgIpc) is 2.81. The van der Waals surface area contributed by atoms with Crippen LogP contribution < -0.4 is 0 Å². The van der Waals surface area contributed by atoms with Gasteiger partial charge in [-0.05, 0) is 52.6 Å². The summed E-state index contributed by atoms with van der Waals surface area (Å²) in [4.78, 5) is 51.1. The Morgan fingerprint density at radius 2 is 1.11 bits per heavy atom. The molecule has 0 fully saturated rings. The van der Waals surface area contributed by atoms with Gasteiger partial charge in [0.2, 0.25) is 11.6 Å². The first-order valence-corrected chi connectivity index (χ1v) is 11.9. The van der Waals surface area contributed by atoms with Gasteiger partial charge in [-0.1, -0.05) is 72.7 Å². The van der Waals surface area contributed by atoms with Gasteiger partial charge in [0.1, 0.15) is 0 Å². The largest absolute Gasteiger partial charge is 0.419 e. The molecule has 1 aliphatic rings. The minimum absolute atomic E-state index is 0.0203. The minimum atomic E-state index is -0.752. The molecular weight excluding hydrogens is 456 g/mol. The lowest BCUT2D eigenvalue weighted by atomic mass is 9.87. The van der Waals surface area contributed by atoms with Crippen LogP contribution in [0.5, 0.6) is 0 Å². The van der Waals surface area contributed by atoms with Gasteiger partial charge >= 0.3 is 11.9 Å². The number of allylic oxidation sites excluding steroid dienone is 2. The molecular formula is C30H32O6. The number of benzene rings is 2. The summed E-state index contributed by atoms with van der Waals surface area (Å²) in [5.41, 5.74) is 2.40. The molecule has 0 spiro atoms. The summed E-state index contributed by atoms with van der Waals surface area (Å²) in [6.45, 7) is 14.0. The highest BCUT2D eigenvalue weighted by molar-refractivity contribution is 6.22. The third-order valence-corrected chi connectivity index (χ3v) is 5.98. The molecule has 0 bridgehead atoms. The van der Waals surface area contributed by atoms with E-state index in [2.05, 4.69) is 41.5 Å². The van der Waals surface area contributed by atoms with Crippen LogP contribution in [0, 0.1) is 0 Å². The molecule has 6 heteroatoms. The quantitative estimate of drug-likeness (QED) is 0.379. The Hall–Kier alpha value is -3.80. The van der Waals surface area contributed by atoms with Gasteiger partial charge in [0, 0.05) is 6.08 Å². The summed E-state index contributed by atoms with van der Waals surface area (Å²) in [5.74, 6) is -3.61. The van der Waals surface area contributed by atoms with E-state index in [4.69, 9.17) is 9.47 Å². The maximum Gasteiger partial charge on any atom is 0.343 e. The molecule has 0 unspecified atom stereocenters. The zero-order chi connectivity index (χ0) is 26.8. The maximum atomic E-state index is 13.0. The van der Waals surface area contributed by atoms with Crippen LogP contribution >= 0.6 is 0 Å². The van der Waals surface area contributed by atoms with Crippen molar-refractivity contribution in [2.45, 2.75) is 65.7 Å². The number of Topliss-reactive ketones (excluding diaryl/α,β-unsaturated/α-hetero) is 1. The first kappa shape index (κ1) is 26.8. The number of rotatable bonds is 5. The van der Waals surface area contributed by atoms with Gasteiger partial charge in [-0.3, -0.25) is 9.59 Å². The number of carbonyl (C=O) groups excluding carboxylic acids is 4. The number of hydrogen-bond acceptors (Lipinski definition) is 6. The van der Waals surface area contributed by atoms with Crippen molar-refractivity contribution in [3.63, 3.8) is 0 Å². The van der Waals surface area contributed by atoms with E-state index in [1.165, 1.54) is 0 Å². The van der Waals surface area contributed by atoms with Crippen molar-refractivity contribution in [1.29, 1.82) is 0 Å². The predicted octanol–water partition coefficient (Wildman–Crippen LogP) is 6.00. The van der Waals surface area contributed by atoms with Gasteiger partial charge in [-0.25, -0.2) is 9.59 Å². The van der Waals surface area contributed by atoms with E-state index in [1.807, 2.05) is 24.3 Å². The van der Waals surface area contributed by atoms with E-state index in [1.54, 1.807) is 31.2 Å². The average molecular weight is 489 g/mol. The molecule has 0 radical (unpaired) electrons. The van der Waals surface area contributed by atoms with Gasteiger partial charge in [0.15, 0.2) is 11.5 Å². The Morgan fingerprint density at radius 1 is 0.694 bits per heavy atom. The van der Waals surface area contributed by atoms with Crippen LogP contribution in [0.25, 0.3) is 0 Å². The fraction of sp³-hybridized carbons (Fsp3) is 0.333. The van der Waals surface area contributed by atoms with Gasteiger partial charge in [-0.15, -0.1) is 0 Å². The van der Waals surface area contributed by atoms with Crippen LogP contribution in [0.3, 0.4) is 0 Å². The van der Waals surface area contributed by atoms with Crippen molar-refractivity contribution in [2.24, 2.45) is 0 Å². The van der Waals surface area contributed by atoms with E-state index in [-0.39, 0.29) is 39.7 Å². The van der Waals surface area contributed by atoms with Crippen molar-refractivity contribution in [3.8, 4) is 0 Å². The second-order valence-electron chi connectivity index (χ2n) is 10.8. The first-order valence-electron chi connectivity index (χ1n) is 11.9. The zero-order valence-corrected chi connectivity index (χ0v) is 21.9. The topological polar surface area (TPSA) is 86.7 Å². The lowest BCUT2D eigenvalue weighted by Crippen LogP contribution is -2.25. The molecule has 36 heavy (non-hydrogen) atoms. The van der Waals surface area contributed by atoms with Gasteiger partial charge < -0.3 is 9.47 Å². The van der Waals surface area contributed by atoms with E-state index >= 15 is 0 Å². The molecule has 2 aromatic rings. The van der Waals surface area contributed by atoms with E-state index in [0.29, 0.717) is 0 Å². The standard InChI is InChI=1S/C30H32O6/c1-8-22-25(32)24(35-27(33)18-9-13-20(14-10-18)29(2,3)4)17-23(31)26(22)36-28(34)19-11-15-21(16-12-19)30(5,6)7/h9-17H,8H2,1-7H3. The SMILES string of the molecule is CCC1=C(OC(=O)c2ccc(C(C)(C)C)cc2)C(=O)C=C(OC(=O)c2ccc(C(C)(C)C)cc2)C1=O. The monoisotopic (exact) mass is 488 g/mol. The van der Waals surface area contributed by atoms with Crippen molar-refractivity contribution in [3.05, 3.63) is 94.0 Å². The van der Waals surface area contributed by atoms with Crippen molar-refractivity contribution in [1.82, 2.24) is 0 Å². The summed E-state index contributed by atoms with van der Waals surface area (Å²) in [6, 6.07) is 13.8. The smallest absolute Gasteiger partial charge is 0.343 e. The van der Waals surface area contributed by atoms with E-state index in [9.17, 15) is 19.2 Å². The number of carbonyl (C=O) groups is 4. The molecule has 6 nitrogen and oxygen atoms in total. The summed E-state index contributed by atoms with van der Waals surface area (Å²) < 4.78 is 10.6. The van der Waals surface area contributed by atoms with Crippen LogP contribution in [0.15, 0.2) is 71.7 Å². The second-order valence-corrected chi connectivity index (χ2v) is 10.8. The summed E-state index contributed by atoms with van der Waals surface area (Å²) in [6.07, 6.45) is 1.01. The second kappa shape index (κ2) is 10.1. The highest BCUT2D eigenvalue weighted by Crippen LogP contribution is 2.27. The zero-order valence-electron chi connectivity index (χ0n) is 21.9. The molecule has 0 aromatic heterocycles. The minimum Gasteiger partial charge on any atom is -0.419 e. The molecule has 3 rings (SSSR count). The molecule has 0 saturated heterocycles. The van der Waals surface area contributed by atoms with E-state index in [0.717, 1.165) is 17.2 Å². The van der Waals surface area contributed by atoms with Crippen LogP contribution in [0.4, 0.5) is 0 Å². The third-order valence-electron chi connectivity index (χ3n) is 5.98. The molecule has 0 aliphatic heterocycles. The molecule has 0 saturated carbocycles. The van der Waals surface area contributed by atoms with Gasteiger partial charge in [-0.2, -0.15) is 0 Å². The molecule has 1 aliphatic carbocycles. The number of ketones is 2. The number of ether oxygens (including phenoxy) is 2. The van der Waals surface area contributed by atoms with Crippen LogP contribution in [-0.2, 0) is 29.9 Å². The van der Waals surface area contributed by atoms with Crippen LogP contribution in [-0.4, -0.2) is 23.5 Å². The van der Waals surface area contributed by atoms with E-state index < -0.39 is 29.3 Å². The fourth-order valence-corrected chi connectivity index (χ4v) is 3.68. The van der Waals surface area contributed by atoms with Crippen molar-refractivity contribution >= 4 is 23.5 Å². The van der Waals surface area contributed by atoms with Gasteiger partial charge in [0.25, 0.3) is 0 Å². The maximum absolute atomic E-state index is 13.0. The lowest BCUT2D eigenvalue weighted by molar-refractivity contribution is -0.119. The van der Waals surface area contributed by atoms with Crippen molar-refractivity contribution < 1.29 is 28.7 Å². The Morgan fingerprint density at radius 3 is 1.50 bits per heavy atom. The van der Waals surface area contributed by atoms with Crippen LogP contribution in [0.1, 0.15) is 86.7 Å². The molecule has 0 heterocycles. The van der Waals surface area contributed by atoms with Crippen molar-refractivity contribution in [2.75, 3.05) is 0 Å². The highest BCUT2D eigenvalue weighted by atomic mass is 16.5. The fourth-order valence-electron chi connectivity index (χ4n) is 3.68. The van der Waals surface area contributed by atoms with Crippen LogP contribution in [0.2, 0.25) is 0 Å². The third kappa shape index (κ3) is 5.88. The highest BCUT2D eigenvalue weighted by Gasteiger charge is 2.33. The summed E-state index contributed by atoms with van der Waals surface area (Å²) >= 11 is 0. The first-order chi connectivity index (χ1) is 16.7.